The van der Waals surface area contributed by atoms with Crippen molar-refractivity contribution in [3.8, 4) is 23.3 Å². The number of unbranched alkanes of at least 4 members (excludes halogenated alkanes) is 12. The first-order valence-corrected chi connectivity index (χ1v) is 27.6. The van der Waals surface area contributed by atoms with E-state index >= 15 is 0 Å². The van der Waals surface area contributed by atoms with Crippen LogP contribution in [0, 0.1) is 29.1 Å². The quantitative estimate of drug-likeness (QED) is 0.0105. The number of esters is 4. The maximum atomic E-state index is 13.3. The topological polar surface area (TPSA) is 172 Å². The van der Waals surface area contributed by atoms with E-state index in [-0.39, 0.29) is 25.0 Å². The number of aryl methyl sites for hydroxylation is 2. The van der Waals surface area contributed by atoms with Crippen LogP contribution < -0.4 is 14.2 Å². The average molecular weight is 1040 g/mol. The highest BCUT2D eigenvalue weighted by Crippen LogP contribution is 2.39. The van der Waals surface area contributed by atoms with E-state index < -0.39 is 22.8 Å². The predicted molar refractivity (Wildman–Crippen MR) is 298 cm³/mol. The van der Waals surface area contributed by atoms with Crippen LogP contribution >= 0.6 is 0 Å². The fourth-order valence-electron chi connectivity index (χ4n) is 8.52. The molecule has 4 aromatic rings. The maximum absolute atomic E-state index is 13.3. The average Bonchev–Trinajstić information content (AvgIpc) is 3.41. The lowest BCUT2D eigenvalue weighted by molar-refractivity contribution is -0.163. The van der Waals surface area contributed by atoms with Gasteiger partial charge in [-0.05, 0) is 187 Å². The predicted octanol–water partition coefficient (Wildman–Crippen LogP) is 15.9. The Bertz CT molecular complexity index is 2480. The van der Waals surface area contributed by atoms with Gasteiger partial charge in [0, 0.05) is 6.08 Å². The summed E-state index contributed by atoms with van der Waals surface area (Å²) in [6.07, 6.45) is 20.4. The van der Waals surface area contributed by atoms with Gasteiger partial charge in [0.1, 0.15) is 23.9 Å². The smallest absolute Gasteiger partial charge is 0.343 e. The Balaban J connectivity index is 0.983. The van der Waals surface area contributed by atoms with Crippen molar-refractivity contribution < 1.29 is 47.6 Å². The zero-order valence-corrected chi connectivity index (χ0v) is 46.2. The highest BCUT2D eigenvalue weighted by molar-refractivity contribution is 5.91. The number of azo groups is 1. The summed E-state index contributed by atoms with van der Waals surface area (Å²) in [6, 6.07) is 29.9. The van der Waals surface area contributed by atoms with Crippen LogP contribution in [0.4, 0.5) is 11.4 Å². The molecule has 0 amide bonds. The van der Waals surface area contributed by atoms with E-state index in [2.05, 4.69) is 29.3 Å². The van der Waals surface area contributed by atoms with Crippen molar-refractivity contribution in [1.29, 1.82) is 5.26 Å². The summed E-state index contributed by atoms with van der Waals surface area (Å²) in [6.45, 7) is 13.5. The van der Waals surface area contributed by atoms with Gasteiger partial charge in [-0.2, -0.15) is 15.5 Å². The van der Waals surface area contributed by atoms with Crippen molar-refractivity contribution in [1.82, 2.24) is 0 Å². The second-order valence-corrected chi connectivity index (χ2v) is 20.4. The molecular weight excluding hydrogens is 959 g/mol. The fourth-order valence-corrected chi connectivity index (χ4v) is 8.52. The number of hydrogen-bond acceptors (Lipinski definition) is 13. The highest BCUT2D eigenvalue weighted by Gasteiger charge is 2.43. The zero-order chi connectivity index (χ0) is 54.9. The molecular formula is C63H83N3O10. The number of hydrogen-bond donors (Lipinski definition) is 0. The number of ether oxygens (including phenoxy) is 6. The third-order valence-electron chi connectivity index (χ3n) is 13.2. The minimum absolute atomic E-state index is 0.0469. The number of nitriles is 1. The molecule has 410 valence electrons. The molecule has 13 nitrogen and oxygen atoms in total. The SMILES string of the molecule is CCCCCc1cccc(N=Nc2ccc(OCCCCCCOC(=O)C(C)(CC)CC(C)(C)C(=O)OCCCCCCCCCCOc3ccc(C(=O)Oc4ccc(/C=C/C(=O)OCCC#N)cc4C)cc3)cc2)c1. The van der Waals surface area contributed by atoms with Crippen molar-refractivity contribution >= 4 is 41.3 Å². The van der Waals surface area contributed by atoms with E-state index in [1.54, 1.807) is 48.5 Å². The molecule has 0 fully saturated rings. The molecule has 0 saturated heterocycles. The van der Waals surface area contributed by atoms with Crippen LogP contribution in [0.15, 0.2) is 107 Å². The fraction of sp³-hybridized carbons (Fsp3) is 0.508. The first-order valence-electron chi connectivity index (χ1n) is 27.6. The van der Waals surface area contributed by atoms with Gasteiger partial charge in [0.25, 0.3) is 0 Å². The molecule has 4 rings (SSSR count). The summed E-state index contributed by atoms with van der Waals surface area (Å²) in [7, 11) is 0. The minimum atomic E-state index is -0.827. The second-order valence-electron chi connectivity index (χ2n) is 20.4. The number of nitrogens with zero attached hydrogens (tertiary/aromatic N) is 3. The summed E-state index contributed by atoms with van der Waals surface area (Å²) in [5.74, 6) is 0.335. The molecule has 0 aliphatic rings. The van der Waals surface area contributed by atoms with Gasteiger partial charge in [0.15, 0.2) is 0 Å². The summed E-state index contributed by atoms with van der Waals surface area (Å²) in [4.78, 5) is 51.0. The molecule has 0 aliphatic heterocycles. The minimum Gasteiger partial charge on any atom is -0.494 e. The Kier molecular flexibility index (Phi) is 28.2. The Morgan fingerprint density at radius 3 is 1.78 bits per heavy atom. The lowest BCUT2D eigenvalue weighted by Crippen LogP contribution is -2.38. The van der Waals surface area contributed by atoms with Gasteiger partial charge in [-0.25, -0.2) is 9.59 Å². The van der Waals surface area contributed by atoms with Crippen molar-refractivity contribution in [3.63, 3.8) is 0 Å². The third kappa shape index (κ3) is 23.8. The van der Waals surface area contributed by atoms with Gasteiger partial charge in [-0.1, -0.05) is 83.4 Å². The molecule has 1 unspecified atom stereocenters. The van der Waals surface area contributed by atoms with Gasteiger partial charge in [-0.3, -0.25) is 9.59 Å². The van der Waals surface area contributed by atoms with Crippen LogP contribution in [-0.4, -0.2) is 56.9 Å². The Morgan fingerprint density at radius 1 is 0.605 bits per heavy atom. The molecule has 0 aromatic heterocycles. The summed E-state index contributed by atoms with van der Waals surface area (Å²) in [5.41, 5.74) is 3.18. The first-order chi connectivity index (χ1) is 36.7. The Labute approximate surface area is 452 Å². The molecule has 0 radical (unpaired) electrons. The molecule has 1 atom stereocenters. The zero-order valence-electron chi connectivity index (χ0n) is 46.2. The molecule has 0 saturated carbocycles. The standard InChI is InChI=1S/C63H83N3O10/c1-7-9-18-25-50-26-23-27-54(47-50)66-65-53-32-36-56(37-33-53)72-42-20-16-17-22-44-75-61(70)63(6,8-2)48-62(4,5)60(69)74-43-21-15-13-11-10-12-14-19-41-71-55-34-30-52(31-35-55)59(68)76-57-38-28-51(46-49(57)3)29-39-58(67)73-45-24-40-64/h23,26-39,46-47H,7-22,24-25,41-45,48H2,1-6H3/b39-29+,66-65?. The number of rotatable bonds is 37. The van der Waals surface area contributed by atoms with Crippen LogP contribution in [0.5, 0.6) is 17.2 Å². The van der Waals surface area contributed by atoms with Crippen LogP contribution in [0.1, 0.15) is 177 Å². The van der Waals surface area contributed by atoms with Gasteiger partial charge >= 0.3 is 23.9 Å². The molecule has 0 spiro atoms. The molecule has 0 aliphatic carbocycles. The van der Waals surface area contributed by atoms with Gasteiger partial charge in [0.2, 0.25) is 0 Å². The molecule has 0 N–H and O–H groups in total. The highest BCUT2D eigenvalue weighted by atomic mass is 16.5. The number of carbonyl (C=O) groups is 4. The summed E-state index contributed by atoms with van der Waals surface area (Å²) >= 11 is 0. The van der Waals surface area contributed by atoms with Crippen LogP contribution in [0.2, 0.25) is 0 Å². The lowest BCUT2D eigenvalue weighted by atomic mass is 9.72. The Morgan fingerprint density at radius 2 is 1.18 bits per heavy atom. The van der Waals surface area contributed by atoms with Crippen LogP contribution in [0.25, 0.3) is 6.08 Å². The number of benzene rings is 4. The van der Waals surface area contributed by atoms with Gasteiger partial charge in [0.05, 0.1) is 66.7 Å². The maximum Gasteiger partial charge on any atom is 0.343 e. The molecule has 0 bridgehead atoms. The van der Waals surface area contributed by atoms with Gasteiger partial charge < -0.3 is 28.4 Å². The normalized spacial score (nSPS) is 12.2. The summed E-state index contributed by atoms with van der Waals surface area (Å²) in [5, 5.41) is 17.4. The van der Waals surface area contributed by atoms with E-state index in [0.717, 1.165) is 112 Å². The van der Waals surface area contributed by atoms with E-state index in [1.807, 2.05) is 77.1 Å². The van der Waals surface area contributed by atoms with E-state index in [1.165, 1.54) is 30.9 Å². The van der Waals surface area contributed by atoms with Crippen molar-refractivity contribution in [2.24, 2.45) is 21.1 Å². The monoisotopic (exact) mass is 1040 g/mol. The third-order valence-corrected chi connectivity index (χ3v) is 13.2. The Hall–Kier alpha value is -6.81. The van der Waals surface area contributed by atoms with Crippen molar-refractivity contribution in [3.05, 3.63) is 119 Å². The number of carbonyl (C=O) groups excluding carboxylic acids is 4. The second kappa shape index (κ2) is 34.7. The first kappa shape index (κ1) is 61.7. The molecule has 76 heavy (non-hydrogen) atoms. The van der Waals surface area contributed by atoms with Crippen LogP contribution in [-0.2, 0) is 35.0 Å². The largest absolute Gasteiger partial charge is 0.494 e. The van der Waals surface area contributed by atoms with Crippen LogP contribution in [0.3, 0.4) is 0 Å². The van der Waals surface area contributed by atoms with E-state index in [9.17, 15) is 19.2 Å². The molecule has 13 heteroatoms. The molecule has 0 heterocycles. The van der Waals surface area contributed by atoms with Crippen molar-refractivity contribution in [2.45, 2.75) is 164 Å². The van der Waals surface area contributed by atoms with E-state index in [4.69, 9.17) is 33.7 Å². The lowest BCUT2D eigenvalue weighted by Gasteiger charge is -2.33. The van der Waals surface area contributed by atoms with Gasteiger partial charge in [-0.15, -0.1) is 0 Å². The summed E-state index contributed by atoms with van der Waals surface area (Å²) < 4.78 is 33.9. The van der Waals surface area contributed by atoms with Crippen molar-refractivity contribution in [2.75, 3.05) is 33.0 Å². The van der Waals surface area contributed by atoms with E-state index in [0.29, 0.717) is 56.3 Å². The molecule has 4 aromatic carbocycles.